The van der Waals surface area contributed by atoms with Gasteiger partial charge in [-0.3, -0.25) is 19.3 Å². The molecule has 9 heteroatoms. The minimum absolute atomic E-state index is 0.266. The fraction of sp³-hybridized carbons (Fsp3) is 0.229. The van der Waals surface area contributed by atoms with Crippen molar-refractivity contribution >= 4 is 29.2 Å². The maximum absolute atomic E-state index is 13.2. The molecule has 2 amide bonds. The van der Waals surface area contributed by atoms with E-state index in [9.17, 15) is 14.4 Å². The normalized spacial score (nSPS) is 12.5. The molecule has 1 aliphatic heterocycles. The number of nitrogens with one attached hydrogen (secondary N) is 2. The molecule has 44 heavy (non-hydrogen) atoms. The number of methoxy groups -OCH3 is 2. The summed E-state index contributed by atoms with van der Waals surface area (Å²) in [5.74, 6) is 0.530. The summed E-state index contributed by atoms with van der Waals surface area (Å²) in [6, 6.07) is 25.0. The molecular weight excluding hydrogens is 558 g/mol. The monoisotopic (exact) mass is 593 g/mol. The van der Waals surface area contributed by atoms with Gasteiger partial charge in [0.2, 0.25) is 0 Å². The summed E-state index contributed by atoms with van der Waals surface area (Å²) in [7, 11) is 3.32. The minimum atomic E-state index is -0.478. The maximum Gasteiger partial charge on any atom is 0.308 e. The standard InChI is InChI=1S/C35H35N3O6/c1-23(39)44-29-8-6-7-26(19-29)34(40)37-31-10-5-4-9-30(31)35(41)36-28-13-11-24(12-14-28)15-17-38-18-16-25-20-32(42-2)33(43-3)21-27(25)22-38/h4-14,19-21H,15-18,22H2,1-3H3,(H,36,41)(H,37,40). The first kappa shape index (κ1) is 30.3. The molecule has 0 saturated carbocycles. The van der Waals surface area contributed by atoms with Crippen LogP contribution >= 0.6 is 0 Å². The molecule has 9 nitrogen and oxygen atoms in total. The second-order valence-corrected chi connectivity index (χ2v) is 10.5. The smallest absolute Gasteiger partial charge is 0.308 e. The number of para-hydroxylation sites is 1. The molecule has 0 aliphatic carbocycles. The molecule has 0 aromatic heterocycles. The van der Waals surface area contributed by atoms with Gasteiger partial charge in [-0.25, -0.2) is 0 Å². The summed E-state index contributed by atoms with van der Waals surface area (Å²) in [6.07, 6.45) is 1.84. The van der Waals surface area contributed by atoms with Gasteiger partial charge in [0.1, 0.15) is 5.75 Å². The zero-order chi connectivity index (χ0) is 31.1. The van der Waals surface area contributed by atoms with Crippen LogP contribution in [0, 0.1) is 0 Å². The molecule has 0 unspecified atom stereocenters. The van der Waals surface area contributed by atoms with Crippen LogP contribution in [-0.2, 0) is 24.2 Å². The van der Waals surface area contributed by atoms with Crippen LogP contribution in [0.25, 0.3) is 0 Å². The third-order valence-corrected chi connectivity index (χ3v) is 7.50. The number of rotatable bonds is 10. The molecule has 4 aromatic rings. The predicted octanol–water partition coefficient (Wildman–Crippen LogP) is 5.73. The van der Waals surface area contributed by atoms with Crippen LogP contribution in [0.2, 0.25) is 0 Å². The fourth-order valence-corrected chi connectivity index (χ4v) is 5.22. The molecule has 1 heterocycles. The van der Waals surface area contributed by atoms with Gasteiger partial charge in [-0.15, -0.1) is 0 Å². The summed E-state index contributed by atoms with van der Waals surface area (Å²) in [5, 5.41) is 5.72. The van der Waals surface area contributed by atoms with Gasteiger partial charge in [0, 0.05) is 37.8 Å². The van der Waals surface area contributed by atoms with Crippen LogP contribution in [0.4, 0.5) is 11.4 Å². The molecule has 4 aromatic carbocycles. The van der Waals surface area contributed by atoms with E-state index in [0.717, 1.165) is 44.0 Å². The van der Waals surface area contributed by atoms with Crippen molar-refractivity contribution in [2.45, 2.75) is 26.3 Å². The molecule has 0 bridgehead atoms. The van der Waals surface area contributed by atoms with E-state index in [-0.39, 0.29) is 11.7 Å². The number of benzene rings is 4. The highest BCUT2D eigenvalue weighted by molar-refractivity contribution is 6.12. The molecule has 1 aliphatic rings. The number of esters is 1. The first-order chi connectivity index (χ1) is 21.3. The lowest BCUT2D eigenvalue weighted by Gasteiger charge is -2.29. The van der Waals surface area contributed by atoms with Crippen molar-refractivity contribution in [3.63, 3.8) is 0 Å². The lowest BCUT2D eigenvalue weighted by Crippen LogP contribution is -2.32. The second-order valence-electron chi connectivity index (χ2n) is 10.5. The number of hydrogen-bond acceptors (Lipinski definition) is 7. The average Bonchev–Trinajstić information content (AvgIpc) is 3.03. The van der Waals surface area contributed by atoms with Crippen molar-refractivity contribution in [2.75, 3.05) is 37.9 Å². The molecule has 0 radical (unpaired) electrons. The Kier molecular flexibility index (Phi) is 9.56. The molecule has 0 atom stereocenters. The number of ether oxygens (including phenoxy) is 3. The summed E-state index contributed by atoms with van der Waals surface area (Å²) in [6.45, 7) is 4.04. The van der Waals surface area contributed by atoms with Gasteiger partial charge in [-0.1, -0.05) is 30.3 Å². The molecule has 0 saturated heterocycles. The lowest BCUT2D eigenvalue weighted by atomic mass is 9.98. The Morgan fingerprint density at radius 1 is 0.795 bits per heavy atom. The van der Waals surface area contributed by atoms with Gasteiger partial charge in [0.25, 0.3) is 11.8 Å². The van der Waals surface area contributed by atoms with Gasteiger partial charge in [0.15, 0.2) is 11.5 Å². The molecule has 2 N–H and O–H groups in total. The predicted molar refractivity (Wildman–Crippen MR) is 169 cm³/mol. The van der Waals surface area contributed by atoms with Crippen molar-refractivity contribution in [3.05, 3.63) is 113 Å². The fourth-order valence-electron chi connectivity index (χ4n) is 5.22. The molecular formula is C35H35N3O6. The Hall–Kier alpha value is -5.15. The minimum Gasteiger partial charge on any atom is -0.493 e. The van der Waals surface area contributed by atoms with Crippen LogP contribution in [0.1, 0.15) is 44.3 Å². The largest absolute Gasteiger partial charge is 0.493 e. The van der Waals surface area contributed by atoms with Crippen molar-refractivity contribution in [1.29, 1.82) is 0 Å². The van der Waals surface area contributed by atoms with Crippen LogP contribution in [0.5, 0.6) is 17.2 Å². The topological polar surface area (TPSA) is 106 Å². The summed E-state index contributed by atoms with van der Waals surface area (Å²) in [4.78, 5) is 39.8. The number of amides is 2. The molecule has 0 fully saturated rings. The lowest BCUT2D eigenvalue weighted by molar-refractivity contribution is -0.131. The van der Waals surface area contributed by atoms with Crippen LogP contribution in [0.3, 0.4) is 0 Å². The SMILES string of the molecule is COc1cc2c(cc1OC)CN(CCc1ccc(NC(=O)c3ccccc3NC(=O)c3cccc(OC(C)=O)c3)cc1)CC2. The maximum atomic E-state index is 13.2. The Balaban J connectivity index is 1.17. The van der Waals surface area contributed by atoms with E-state index in [4.69, 9.17) is 14.2 Å². The van der Waals surface area contributed by atoms with Crippen molar-refractivity contribution < 1.29 is 28.6 Å². The van der Waals surface area contributed by atoms with E-state index in [1.165, 1.54) is 29.7 Å². The van der Waals surface area contributed by atoms with Gasteiger partial charge >= 0.3 is 5.97 Å². The van der Waals surface area contributed by atoms with Crippen LogP contribution in [0.15, 0.2) is 84.9 Å². The second kappa shape index (κ2) is 13.9. The average molecular weight is 594 g/mol. The number of anilines is 2. The van der Waals surface area contributed by atoms with E-state index < -0.39 is 11.9 Å². The Morgan fingerprint density at radius 3 is 2.25 bits per heavy atom. The number of carbonyl (C=O) groups excluding carboxylic acids is 3. The third kappa shape index (κ3) is 7.43. The summed E-state index contributed by atoms with van der Waals surface area (Å²) in [5.41, 5.74) is 5.37. The quantitative estimate of drug-likeness (QED) is 0.179. The molecule has 226 valence electrons. The van der Waals surface area contributed by atoms with Gasteiger partial charge in [-0.05, 0) is 84.1 Å². The van der Waals surface area contributed by atoms with Crippen molar-refractivity contribution in [2.24, 2.45) is 0 Å². The Morgan fingerprint density at radius 2 is 1.52 bits per heavy atom. The number of carbonyl (C=O) groups is 3. The third-order valence-electron chi connectivity index (χ3n) is 7.50. The van der Waals surface area contributed by atoms with Crippen LogP contribution in [-0.4, -0.2) is 50.0 Å². The zero-order valence-electron chi connectivity index (χ0n) is 25.0. The summed E-state index contributed by atoms with van der Waals surface area (Å²) >= 11 is 0. The van der Waals surface area contributed by atoms with E-state index >= 15 is 0 Å². The Labute approximate surface area is 256 Å². The number of hydrogen-bond donors (Lipinski definition) is 2. The van der Waals surface area contributed by atoms with Crippen molar-refractivity contribution in [3.8, 4) is 17.2 Å². The first-order valence-electron chi connectivity index (χ1n) is 14.4. The highest BCUT2D eigenvalue weighted by atomic mass is 16.5. The van der Waals surface area contributed by atoms with Crippen LogP contribution < -0.4 is 24.8 Å². The van der Waals surface area contributed by atoms with E-state index in [0.29, 0.717) is 22.5 Å². The highest BCUT2D eigenvalue weighted by Gasteiger charge is 2.20. The Bertz CT molecular complexity index is 1670. The van der Waals surface area contributed by atoms with E-state index in [1.807, 2.05) is 24.3 Å². The molecule has 5 rings (SSSR count). The number of fused-ring (bicyclic) bond motifs is 1. The zero-order valence-corrected chi connectivity index (χ0v) is 25.0. The van der Waals surface area contributed by atoms with Gasteiger partial charge in [-0.2, -0.15) is 0 Å². The van der Waals surface area contributed by atoms with Gasteiger partial charge < -0.3 is 24.8 Å². The van der Waals surface area contributed by atoms with Crippen molar-refractivity contribution in [1.82, 2.24) is 4.90 Å². The van der Waals surface area contributed by atoms with E-state index in [2.05, 4.69) is 27.7 Å². The number of nitrogens with zero attached hydrogens (tertiary/aromatic N) is 1. The summed E-state index contributed by atoms with van der Waals surface area (Å²) < 4.78 is 16.0. The first-order valence-corrected chi connectivity index (χ1v) is 14.4. The van der Waals surface area contributed by atoms with E-state index in [1.54, 1.807) is 56.7 Å². The highest BCUT2D eigenvalue weighted by Crippen LogP contribution is 2.33. The molecule has 0 spiro atoms. The van der Waals surface area contributed by atoms with Gasteiger partial charge in [0.05, 0.1) is 25.5 Å².